The molecule has 0 bridgehead atoms. The molecule has 2 rings (SSSR count). The lowest BCUT2D eigenvalue weighted by molar-refractivity contribution is -0.145. The van der Waals surface area contributed by atoms with Crippen molar-refractivity contribution in [1.82, 2.24) is 10.2 Å². The van der Waals surface area contributed by atoms with Crippen LogP contribution in [0.3, 0.4) is 0 Å². The van der Waals surface area contributed by atoms with Gasteiger partial charge in [0.2, 0.25) is 11.8 Å². The fraction of sp³-hybridized carbons (Fsp3) is 0.786. The van der Waals surface area contributed by atoms with Crippen molar-refractivity contribution in [3.63, 3.8) is 0 Å². The molecule has 0 aromatic rings. The van der Waals surface area contributed by atoms with Crippen LogP contribution in [0.2, 0.25) is 0 Å². The predicted octanol–water partition coefficient (Wildman–Crippen LogP) is 2.06. The fourth-order valence-corrected chi connectivity index (χ4v) is 3.16. The molecule has 2 aliphatic rings. The van der Waals surface area contributed by atoms with E-state index in [1.807, 2.05) is 6.92 Å². The number of urea groups is 1. The Kier molecular flexibility index (Phi) is 4.22. The molecule has 19 heavy (non-hydrogen) atoms. The molecule has 3 unspecified atom stereocenters. The summed E-state index contributed by atoms with van der Waals surface area (Å²) in [7, 11) is 0. The van der Waals surface area contributed by atoms with Gasteiger partial charge in [-0.3, -0.25) is 19.8 Å². The molecule has 0 radical (unpaired) electrons. The molecule has 1 aliphatic heterocycles. The molecule has 1 N–H and O–H groups in total. The molecule has 0 spiro atoms. The Balaban J connectivity index is 2.15. The van der Waals surface area contributed by atoms with E-state index in [1.165, 1.54) is 4.90 Å². The summed E-state index contributed by atoms with van der Waals surface area (Å²) in [6.45, 7) is 4.08. The molecule has 106 valence electrons. The van der Waals surface area contributed by atoms with E-state index >= 15 is 0 Å². The van der Waals surface area contributed by atoms with Gasteiger partial charge in [0.25, 0.3) is 0 Å². The van der Waals surface area contributed by atoms with E-state index in [4.69, 9.17) is 0 Å². The molecule has 4 amide bonds. The van der Waals surface area contributed by atoms with E-state index in [0.717, 1.165) is 32.1 Å². The number of hydrogen-bond acceptors (Lipinski definition) is 3. The summed E-state index contributed by atoms with van der Waals surface area (Å²) in [5.41, 5.74) is 0. The smallest absolute Gasteiger partial charge is 0.277 e. The zero-order valence-corrected chi connectivity index (χ0v) is 11.6. The van der Waals surface area contributed by atoms with Crippen LogP contribution in [-0.2, 0) is 9.59 Å². The Morgan fingerprint density at radius 1 is 1.26 bits per heavy atom. The third-order valence-corrected chi connectivity index (χ3v) is 4.15. The second-order valence-electron chi connectivity index (χ2n) is 5.77. The average molecular weight is 266 g/mol. The van der Waals surface area contributed by atoms with E-state index in [0.29, 0.717) is 12.3 Å². The highest BCUT2D eigenvalue weighted by atomic mass is 16.2. The summed E-state index contributed by atoms with van der Waals surface area (Å²) >= 11 is 0. The highest BCUT2D eigenvalue weighted by molar-refractivity contribution is 6.16. The van der Waals surface area contributed by atoms with Crippen molar-refractivity contribution in [2.45, 2.75) is 58.4 Å². The monoisotopic (exact) mass is 266 g/mol. The molecule has 5 nitrogen and oxygen atoms in total. The second kappa shape index (κ2) is 5.72. The van der Waals surface area contributed by atoms with Gasteiger partial charge in [-0.15, -0.1) is 0 Å². The van der Waals surface area contributed by atoms with Crippen molar-refractivity contribution in [1.29, 1.82) is 0 Å². The van der Waals surface area contributed by atoms with E-state index in [-0.39, 0.29) is 11.9 Å². The van der Waals surface area contributed by atoms with Crippen LogP contribution >= 0.6 is 0 Å². The number of barbiturate groups is 1. The van der Waals surface area contributed by atoms with Crippen LogP contribution < -0.4 is 5.32 Å². The summed E-state index contributed by atoms with van der Waals surface area (Å²) < 4.78 is 0. The number of nitrogens with one attached hydrogen (secondary N) is 1. The van der Waals surface area contributed by atoms with Gasteiger partial charge in [-0.25, -0.2) is 4.79 Å². The van der Waals surface area contributed by atoms with Crippen molar-refractivity contribution in [2.24, 2.45) is 11.8 Å². The maximum Gasteiger partial charge on any atom is 0.331 e. The molecule has 2 fully saturated rings. The van der Waals surface area contributed by atoms with Gasteiger partial charge in [-0.2, -0.15) is 0 Å². The molecule has 1 aliphatic carbocycles. The minimum absolute atomic E-state index is 0.0382. The van der Waals surface area contributed by atoms with Crippen LogP contribution in [0, 0.1) is 11.8 Å². The summed E-state index contributed by atoms with van der Waals surface area (Å²) in [5.74, 6) is -0.881. The van der Waals surface area contributed by atoms with Gasteiger partial charge in [0.1, 0.15) is 5.92 Å². The van der Waals surface area contributed by atoms with Gasteiger partial charge in [0, 0.05) is 6.04 Å². The Bertz CT molecular complexity index is 394. The Morgan fingerprint density at radius 3 is 2.63 bits per heavy atom. The third-order valence-electron chi connectivity index (χ3n) is 4.15. The molecule has 0 aromatic carbocycles. The van der Waals surface area contributed by atoms with Crippen molar-refractivity contribution >= 4 is 17.8 Å². The average Bonchev–Trinajstić information content (AvgIpc) is 2.34. The fourth-order valence-electron chi connectivity index (χ4n) is 3.16. The molecular weight excluding hydrogens is 244 g/mol. The highest BCUT2D eigenvalue weighted by Gasteiger charge is 2.43. The Morgan fingerprint density at radius 2 is 2.00 bits per heavy atom. The van der Waals surface area contributed by atoms with Gasteiger partial charge in [-0.1, -0.05) is 33.1 Å². The number of amides is 4. The number of carbonyl (C=O) groups is 3. The molecule has 3 atom stereocenters. The first-order valence-electron chi connectivity index (χ1n) is 7.22. The maximum absolute atomic E-state index is 12.4. The van der Waals surface area contributed by atoms with Crippen LogP contribution in [0.5, 0.6) is 0 Å². The van der Waals surface area contributed by atoms with Gasteiger partial charge >= 0.3 is 6.03 Å². The minimum atomic E-state index is -0.681. The molecule has 5 heteroatoms. The van der Waals surface area contributed by atoms with Crippen molar-refractivity contribution in [3.8, 4) is 0 Å². The normalized spacial score (nSPS) is 32.4. The van der Waals surface area contributed by atoms with E-state index < -0.39 is 17.9 Å². The number of rotatable bonds is 3. The highest BCUT2D eigenvalue weighted by Crippen LogP contribution is 2.30. The summed E-state index contributed by atoms with van der Waals surface area (Å²) in [4.78, 5) is 37.4. The first kappa shape index (κ1) is 14.0. The number of nitrogens with zero attached hydrogens (tertiary/aromatic N) is 1. The minimum Gasteiger partial charge on any atom is -0.277 e. The van der Waals surface area contributed by atoms with Crippen molar-refractivity contribution < 1.29 is 14.4 Å². The van der Waals surface area contributed by atoms with Crippen LogP contribution in [0.1, 0.15) is 52.4 Å². The van der Waals surface area contributed by atoms with Crippen molar-refractivity contribution in [3.05, 3.63) is 0 Å². The molecule has 1 saturated heterocycles. The van der Waals surface area contributed by atoms with E-state index in [1.54, 1.807) is 0 Å². The summed E-state index contributed by atoms with van der Waals surface area (Å²) in [5, 5.41) is 2.33. The first-order valence-corrected chi connectivity index (χ1v) is 7.22. The second-order valence-corrected chi connectivity index (χ2v) is 5.77. The standard InChI is InChI=1S/C14H22N2O3/c1-3-5-11-12(17)15-14(19)16(13(11)18)10-7-4-6-9(2)8-10/h9-11H,3-8H2,1-2H3,(H,15,17,19). The molecule has 1 saturated carbocycles. The lowest BCUT2D eigenvalue weighted by atomic mass is 9.85. The zero-order chi connectivity index (χ0) is 14.0. The topological polar surface area (TPSA) is 66.5 Å². The van der Waals surface area contributed by atoms with Crippen LogP contribution in [-0.4, -0.2) is 28.8 Å². The van der Waals surface area contributed by atoms with Crippen molar-refractivity contribution in [2.75, 3.05) is 0 Å². The Hall–Kier alpha value is -1.39. The zero-order valence-electron chi connectivity index (χ0n) is 11.6. The van der Waals surface area contributed by atoms with Gasteiger partial charge < -0.3 is 0 Å². The van der Waals surface area contributed by atoms with Crippen LogP contribution in [0.4, 0.5) is 4.79 Å². The first-order chi connectivity index (χ1) is 9.04. The van der Waals surface area contributed by atoms with Gasteiger partial charge in [0.15, 0.2) is 0 Å². The SMILES string of the molecule is CCCC1C(=O)NC(=O)N(C2CCCC(C)C2)C1=O. The third kappa shape index (κ3) is 2.80. The van der Waals surface area contributed by atoms with Gasteiger partial charge in [-0.05, 0) is 25.2 Å². The van der Waals surface area contributed by atoms with Gasteiger partial charge in [0.05, 0.1) is 0 Å². The van der Waals surface area contributed by atoms with Crippen LogP contribution in [0.15, 0.2) is 0 Å². The number of carbonyl (C=O) groups excluding carboxylic acids is 3. The number of imide groups is 2. The maximum atomic E-state index is 12.4. The quantitative estimate of drug-likeness (QED) is 0.795. The Labute approximate surface area is 113 Å². The largest absolute Gasteiger partial charge is 0.331 e. The van der Waals surface area contributed by atoms with E-state index in [2.05, 4.69) is 12.2 Å². The molecule has 1 heterocycles. The lowest BCUT2D eigenvalue weighted by Gasteiger charge is -2.39. The predicted molar refractivity (Wildman–Crippen MR) is 70.2 cm³/mol. The van der Waals surface area contributed by atoms with E-state index in [9.17, 15) is 14.4 Å². The number of hydrogen-bond donors (Lipinski definition) is 1. The summed E-state index contributed by atoms with van der Waals surface area (Å²) in [6.07, 6.45) is 5.17. The molecular formula is C14H22N2O3. The van der Waals surface area contributed by atoms with Crippen LogP contribution in [0.25, 0.3) is 0 Å². The lowest BCUT2D eigenvalue weighted by Crippen LogP contribution is -2.61. The summed E-state index contributed by atoms with van der Waals surface area (Å²) in [6, 6.07) is -0.565. The molecule has 0 aromatic heterocycles.